The molecule has 4 nitrogen and oxygen atoms in total. The number of aryl methyl sites for hydroxylation is 2. The lowest BCUT2D eigenvalue weighted by Crippen LogP contribution is -2.37. The fraction of sp³-hybridized carbons (Fsp3) is 0.154. The number of hydrogen-bond donors (Lipinski definition) is 0. The maximum atomic E-state index is 14.6. The van der Waals surface area contributed by atoms with Gasteiger partial charge in [-0.15, -0.1) is 0 Å². The van der Waals surface area contributed by atoms with E-state index in [9.17, 15) is 18.4 Å². The Morgan fingerprint density at radius 2 is 1.59 bits per heavy atom. The average Bonchev–Trinajstić information content (AvgIpc) is 3.04. The van der Waals surface area contributed by atoms with E-state index in [0.717, 1.165) is 46.7 Å². The number of carbonyl (C=O) groups excluding carboxylic acids is 2. The summed E-state index contributed by atoms with van der Waals surface area (Å²) in [5, 5.41) is 0. The van der Waals surface area contributed by atoms with Crippen LogP contribution in [0.3, 0.4) is 0 Å². The van der Waals surface area contributed by atoms with E-state index in [1.54, 1.807) is 12.1 Å². The van der Waals surface area contributed by atoms with Crippen LogP contribution in [0.1, 0.15) is 23.1 Å². The molecule has 160 valence electrons. The molecule has 0 aromatic heterocycles. The summed E-state index contributed by atoms with van der Waals surface area (Å²) in [6.45, 7) is 2.49. The molecule has 0 fully saturated rings. The van der Waals surface area contributed by atoms with Gasteiger partial charge in [0.15, 0.2) is 0 Å². The fourth-order valence-corrected chi connectivity index (χ4v) is 4.40. The van der Waals surface area contributed by atoms with E-state index < -0.39 is 23.4 Å². The molecule has 6 heteroatoms. The summed E-state index contributed by atoms with van der Waals surface area (Å²) in [4.78, 5) is 29.9. The van der Waals surface area contributed by atoms with Crippen molar-refractivity contribution in [3.05, 3.63) is 101 Å². The molecular formula is C26H20F2N2O2. The van der Waals surface area contributed by atoms with E-state index in [2.05, 4.69) is 0 Å². The number of nitrogens with zero attached hydrogens (tertiary/aromatic N) is 2. The largest absolute Gasteiger partial charge is 0.336 e. The quantitative estimate of drug-likeness (QED) is 0.549. The maximum absolute atomic E-state index is 14.6. The van der Waals surface area contributed by atoms with E-state index in [-0.39, 0.29) is 17.0 Å². The molecule has 2 amide bonds. The molecule has 0 saturated heterocycles. The van der Waals surface area contributed by atoms with Crippen LogP contribution in [0.15, 0.2) is 72.4 Å². The molecule has 3 aromatic carbocycles. The molecule has 2 aliphatic rings. The Morgan fingerprint density at radius 3 is 2.34 bits per heavy atom. The van der Waals surface area contributed by atoms with Crippen LogP contribution in [0, 0.1) is 18.6 Å². The van der Waals surface area contributed by atoms with Crippen molar-refractivity contribution in [1.29, 1.82) is 0 Å². The Morgan fingerprint density at radius 1 is 0.844 bits per heavy atom. The van der Waals surface area contributed by atoms with Crippen molar-refractivity contribution in [2.24, 2.45) is 0 Å². The normalized spacial score (nSPS) is 16.1. The van der Waals surface area contributed by atoms with Gasteiger partial charge >= 0.3 is 0 Å². The van der Waals surface area contributed by atoms with Crippen molar-refractivity contribution in [3.8, 4) is 0 Å². The molecule has 32 heavy (non-hydrogen) atoms. The SMILES string of the molecule is Cc1ccc(C2=C(N3CCCc4ccccc43)C(=O)N(c3ccc(F)cc3F)C2=O)cc1. The van der Waals surface area contributed by atoms with Crippen LogP contribution in [0.25, 0.3) is 5.57 Å². The minimum atomic E-state index is -0.963. The second-order valence-corrected chi connectivity index (χ2v) is 8.01. The smallest absolute Gasteiger partial charge is 0.282 e. The summed E-state index contributed by atoms with van der Waals surface area (Å²) >= 11 is 0. The zero-order chi connectivity index (χ0) is 22.4. The number of imide groups is 1. The van der Waals surface area contributed by atoms with Gasteiger partial charge in [-0.1, -0.05) is 48.0 Å². The zero-order valence-electron chi connectivity index (χ0n) is 17.4. The lowest BCUT2D eigenvalue weighted by molar-refractivity contribution is -0.120. The van der Waals surface area contributed by atoms with Gasteiger partial charge < -0.3 is 4.90 Å². The average molecular weight is 430 g/mol. The third kappa shape index (κ3) is 3.19. The Kier molecular flexibility index (Phi) is 4.85. The van der Waals surface area contributed by atoms with Gasteiger partial charge in [0, 0.05) is 18.3 Å². The maximum Gasteiger partial charge on any atom is 0.282 e. The molecule has 0 radical (unpaired) electrons. The van der Waals surface area contributed by atoms with E-state index in [1.165, 1.54) is 0 Å². The van der Waals surface area contributed by atoms with Crippen LogP contribution in [-0.2, 0) is 16.0 Å². The number of para-hydroxylation sites is 1. The molecule has 0 atom stereocenters. The van der Waals surface area contributed by atoms with Crippen molar-refractivity contribution in [3.63, 3.8) is 0 Å². The van der Waals surface area contributed by atoms with Crippen LogP contribution in [-0.4, -0.2) is 18.4 Å². The van der Waals surface area contributed by atoms with Gasteiger partial charge in [0.05, 0.1) is 11.3 Å². The predicted octanol–water partition coefficient (Wildman–Crippen LogP) is 5.01. The zero-order valence-corrected chi connectivity index (χ0v) is 17.4. The first-order valence-corrected chi connectivity index (χ1v) is 10.5. The molecular weight excluding hydrogens is 410 g/mol. The highest BCUT2D eigenvalue weighted by Gasteiger charge is 2.44. The van der Waals surface area contributed by atoms with Gasteiger partial charge in [0.2, 0.25) is 0 Å². The highest BCUT2D eigenvalue weighted by molar-refractivity contribution is 6.46. The van der Waals surface area contributed by atoms with Gasteiger partial charge in [0.25, 0.3) is 11.8 Å². The lowest BCUT2D eigenvalue weighted by atomic mass is 9.98. The third-order valence-corrected chi connectivity index (χ3v) is 5.93. The van der Waals surface area contributed by atoms with Crippen molar-refractivity contribution in [1.82, 2.24) is 0 Å². The summed E-state index contributed by atoms with van der Waals surface area (Å²) in [5.41, 5.74) is 3.72. The second kappa shape index (κ2) is 7.71. The fourth-order valence-electron chi connectivity index (χ4n) is 4.40. The third-order valence-electron chi connectivity index (χ3n) is 5.93. The number of fused-ring (bicyclic) bond motifs is 1. The number of amides is 2. The van der Waals surface area contributed by atoms with Crippen molar-refractivity contribution in [2.75, 3.05) is 16.3 Å². The van der Waals surface area contributed by atoms with E-state index in [1.807, 2.05) is 48.2 Å². The first-order valence-electron chi connectivity index (χ1n) is 10.5. The number of benzene rings is 3. The Bertz CT molecular complexity index is 1280. The Hall–Kier alpha value is -3.80. The van der Waals surface area contributed by atoms with Crippen molar-refractivity contribution in [2.45, 2.75) is 19.8 Å². The van der Waals surface area contributed by atoms with Gasteiger partial charge in [-0.05, 0) is 49.1 Å². The van der Waals surface area contributed by atoms with Crippen LogP contribution in [0.2, 0.25) is 0 Å². The van der Waals surface area contributed by atoms with Gasteiger partial charge in [-0.3, -0.25) is 9.59 Å². The van der Waals surface area contributed by atoms with E-state index >= 15 is 0 Å². The van der Waals surface area contributed by atoms with Gasteiger partial charge in [0.1, 0.15) is 17.3 Å². The van der Waals surface area contributed by atoms with Crippen molar-refractivity contribution >= 4 is 28.8 Å². The number of anilines is 2. The summed E-state index contributed by atoms with van der Waals surface area (Å²) in [6, 6.07) is 17.9. The predicted molar refractivity (Wildman–Crippen MR) is 119 cm³/mol. The minimum absolute atomic E-state index is 0.217. The number of halogens is 2. The van der Waals surface area contributed by atoms with Crippen LogP contribution in [0.4, 0.5) is 20.2 Å². The number of rotatable bonds is 3. The number of carbonyl (C=O) groups is 2. The second-order valence-electron chi connectivity index (χ2n) is 8.01. The molecule has 0 saturated carbocycles. The highest BCUT2D eigenvalue weighted by Crippen LogP contribution is 2.40. The van der Waals surface area contributed by atoms with Crippen molar-refractivity contribution < 1.29 is 18.4 Å². The molecule has 0 aliphatic carbocycles. The monoisotopic (exact) mass is 430 g/mol. The number of hydrogen-bond acceptors (Lipinski definition) is 3. The van der Waals surface area contributed by atoms with E-state index in [4.69, 9.17) is 0 Å². The Labute approximate surface area is 184 Å². The molecule has 2 aliphatic heterocycles. The summed E-state index contributed by atoms with van der Waals surface area (Å²) < 4.78 is 28.1. The highest BCUT2D eigenvalue weighted by atomic mass is 19.1. The van der Waals surface area contributed by atoms with Gasteiger partial charge in [-0.2, -0.15) is 0 Å². The molecule has 0 unspecified atom stereocenters. The molecule has 5 rings (SSSR count). The summed E-state index contributed by atoms with van der Waals surface area (Å²) in [5.74, 6) is -2.98. The molecule has 0 bridgehead atoms. The Balaban J connectivity index is 1.71. The van der Waals surface area contributed by atoms with Crippen LogP contribution >= 0.6 is 0 Å². The topological polar surface area (TPSA) is 40.6 Å². The van der Waals surface area contributed by atoms with Crippen LogP contribution < -0.4 is 9.80 Å². The standard InChI is InChI=1S/C26H20F2N2O2/c1-16-8-10-18(11-9-16)23-24(29-14-4-6-17-5-2-3-7-21(17)29)26(32)30(25(23)31)22-13-12-19(27)15-20(22)28/h2-3,5,7-13,15H,4,6,14H2,1H3. The first kappa shape index (κ1) is 20.1. The molecule has 0 N–H and O–H groups in total. The van der Waals surface area contributed by atoms with E-state index in [0.29, 0.717) is 18.2 Å². The van der Waals surface area contributed by atoms with Gasteiger partial charge in [-0.25, -0.2) is 13.7 Å². The summed E-state index contributed by atoms with van der Waals surface area (Å²) in [6.07, 6.45) is 1.69. The summed E-state index contributed by atoms with van der Waals surface area (Å²) in [7, 11) is 0. The molecule has 0 spiro atoms. The lowest BCUT2D eigenvalue weighted by Gasteiger charge is -2.32. The first-order chi connectivity index (χ1) is 15.5. The van der Waals surface area contributed by atoms with Crippen LogP contribution in [0.5, 0.6) is 0 Å². The molecule has 3 aromatic rings. The molecule has 2 heterocycles. The minimum Gasteiger partial charge on any atom is -0.336 e.